The molecule has 92 valence electrons. The minimum atomic E-state index is -0.0480. The van der Waals surface area contributed by atoms with Gasteiger partial charge < -0.3 is 10.6 Å². The molecule has 16 heavy (non-hydrogen) atoms. The van der Waals surface area contributed by atoms with Crippen LogP contribution >= 0.6 is 23.5 Å². The zero-order valence-corrected chi connectivity index (χ0v) is 11.3. The average molecular weight is 260 g/mol. The Balaban J connectivity index is 1.61. The van der Waals surface area contributed by atoms with E-state index < -0.39 is 0 Å². The Labute approximate surface area is 106 Å². The first-order valence-electron chi connectivity index (χ1n) is 5.99. The highest BCUT2D eigenvalue weighted by Gasteiger charge is 2.25. The zero-order valence-electron chi connectivity index (χ0n) is 9.70. The summed E-state index contributed by atoms with van der Waals surface area (Å²) < 4.78 is 0. The second-order valence-corrected chi connectivity index (χ2v) is 7.04. The molecule has 1 amide bonds. The van der Waals surface area contributed by atoms with Gasteiger partial charge in [0.15, 0.2) is 0 Å². The normalized spacial score (nSPS) is 27.4. The van der Waals surface area contributed by atoms with Crippen molar-refractivity contribution in [2.75, 3.05) is 23.8 Å². The van der Waals surface area contributed by atoms with Gasteiger partial charge in [-0.05, 0) is 19.8 Å². The van der Waals surface area contributed by atoms with Gasteiger partial charge in [-0.25, -0.2) is 0 Å². The topological polar surface area (TPSA) is 41.1 Å². The van der Waals surface area contributed by atoms with Crippen molar-refractivity contribution in [3.8, 4) is 0 Å². The lowest BCUT2D eigenvalue weighted by atomic mass is 10.3. The first-order chi connectivity index (χ1) is 7.75. The molecule has 0 bridgehead atoms. The van der Waals surface area contributed by atoms with E-state index >= 15 is 0 Å². The van der Waals surface area contributed by atoms with Crippen LogP contribution in [-0.2, 0) is 4.79 Å². The van der Waals surface area contributed by atoms with E-state index in [1.807, 2.05) is 30.4 Å². The van der Waals surface area contributed by atoms with Crippen molar-refractivity contribution in [2.45, 2.75) is 37.1 Å². The van der Waals surface area contributed by atoms with Gasteiger partial charge in [0.1, 0.15) is 0 Å². The van der Waals surface area contributed by atoms with Crippen LogP contribution in [0, 0.1) is 0 Å². The molecule has 2 fully saturated rings. The number of nitrogens with one attached hydrogen (secondary N) is 2. The maximum atomic E-state index is 11.7. The lowest BCUT2D eigenvalue weighted by Gasteiger charge is -2.23. The minimum Gasteiger partial charge on any atom is -0.352 e. The molecule has 5 heteroatoms. The summed E-state index contributed by atoms with van der Waals surface area (Å²) in [4.78, 5) is 11.7. The van der Waals surface area contributed by atoms with Crippen LogP contribution in [0.5, 0.6) is 0 Å². The van der Waals surface area contributed by atoms with Crippen LogP contribution in [0.15, 0.2) is 0 Å². The molecule has 2 unspecified atom stereocenters. The second kappa shape index (κ2) is 6.17. The largest absolute Gasteiger partial charge is 0.352 e. The number of carbonyl (C=O) groups excluding carboxylic acids is 1. The Morgan fingerprint density at radius 2 is 2.25 bits per heavy atom. The molecule has 3 nitrogen and oxygen atoms in total. The molecule has 2 rings (SSSR count). The Morgan fingerprint density at radius 1 is 1.44 bits per heavy atom. The first-order valence-corrected chi connectivity index (χ1v) is 8.19. The lowest BCUT2D eigenvalue weighted by molar-refractivity contribution is -0.122. The first kappa shape index (κ1) is 12.6. The monoisotopic (exact) mass is 260 g/mol. The van der Waals surface area contributed by atoms with Crippen molar-refractivity contribution >= 4 is 29.4 Å². The molecule has 0 aromatic carbocycles. The molecule has 2 atom stereocenters. The van der Waals surface area contributed by atoms with E-state index in [9.17, 15) is 4.79 Å². The predicted molar refractivity (Wildman–Crippen MR) is 72.2 cm³/mol. The standard InChI is InChI=1S/C11H20N2OS2/c1-8(11(14)13-9-2-3-9)12-6-10-7-15-4-5-16-10/h8-10,12H,2-7H2,1H3,(H,13,14). The van der Waals surface area contributed by atoms with Crippen molar-refractivity contribution in [1.82, 2.24) is 10.6 Å². The van der Waals surface area contributed by atoms with Gasteiger partial charge in [0.2, 0.25) is 5.91 Å². The summed E-state index contributed by atoms with van der Waals surface area (Å²) in [6, 6.07) is 0.421. The van der Waals surface area contributed by atoms with Crippen LogP contribution in [0.1, 0.15) is 19.8 Å². The van der Waals surface area contributed by atoms with Crippen LogP contribution < -0.4 is 10.6 Å². The Morgan fingerprint density at radius 3 is 2.88 bits per heavy atom. The number of hydrogen-bond acceptors (Lipinski definition) is 4. The SMILES string of the molecule is CC(NCC1CSCCS1)C(=O)NC1CC1. The van der Waals surface area contributed by atoms with E-state index in [0.717, 1.165) is 19.4 Å². The molecule has 0 aromatic rings. The van der Waals surface area contributed by atoms with Crippen molar-refractivity contribution in [3.63, 3.8) is 0 Å². The fourth-order valence-corrected chi connectivity index (χ4v) is 4.23. The van der Waals surface area contributed by atoms with E-state index in [4.69, 9.17) is 0 Å². The van der Waals surface area contributed by atoms with E-state index in [0.29, 0.717) is 11.3 Å². The van der Waals surface area contributed by atoms with E-state index in [1.54, 1.807) is 0 Å². The van der Waals surface area contributed by atoms with Gasteiger partial charge in [-0.15, -0.1) is 0 Å². The minimum absolute atomic E-state index is 0.0480. The van der Waals surface area contributed by atoms with Crippen LogP contribution in [0.2, 0.25) is 0 Å². The number of thioether (sulfide) groups is 2. The smallest absolute Gasteiger partial charge is 0.237 e. The highest BCUT2D eigenvalue weighted by Crippen LogP contribution is 2.23. The third-order valence-corrected chi connectivity index (χ3v) is 5.70. The summed E-state index contributed by atoms with van der Waals surface area (Å²) >= 11 is 4.05. The van der Waals surface area contributed by atoms with Crippen LogP contribution in [0.4, 0.5) is 0 Å². The van der Waals surface area contributed by atoms with Crippen molar-refractivity contribution in [3.05, 3.63) is 0 Å². The molecule has 1 aliphatic carbocycles. The summed E-state index contributed by atoms with van der Waals surface area (Å²) in [7, 11) is 0. The molecule has 1 heterocycles. The number of rotatable bonds is 5. The quantitative estimate of drug-likeness (QED) is 0.776. The molecule has 1 saturated carbocycles. The van der Waals surface area contributed by atoms with Crippen molar-refractivity contribution in [1.29, 1.82) is 0 Å². The van der Waals surface area contributed by atoms with Gasteiger partial charge in [-0.2, -0.15) is 23.5 Å². The fourth-order valence-electron chi connectivity index (χ4n) is 1.61. The van der Waals surface area contributed by atoms with Gasteiger partial charge >= 0.3 is 0 Å². The van der Waals surface area contributed by atoms with Gasteiger partial charge in [0.25, 0.3) is 0 Å². The number of hydrogen-bond donors (Lipinski definition) is 2. The highest BCUT2D eigenvalue weighted by atomic mass is 32.2. The lowest BCUT2D eigenvalue weighted by Crippen LogP contribution is -2.45. The molecule has 1 saturated heterocycles. The number of carbonyl (C=O) groups is 1. The average Bonchev–Trinajstić information content (AvgIpc) is 3.11. The summed E-state index contributed by atoms with van der Waals surface area (Å²) in [5, 5.41) is 7.04. The zero-order chi connectivity index (χ0) is 11.4. The van der Waals surface area contributed by atoms with Crippen molar-refractivity contribution < 1.29 is 4.79 Å². The van der Waals surface area contributed by atoms with Gasteiger partial charge in [-0.1, -0.05) is 0 Å². The molecule has 2 N–H and O–H groups in total. The Kier molecular flexibility index (Phi) is 4.85. The highest BCUT2D eigenvalue weighted by molar-refractivity contribution is 8.06. The second-order valence-electron chi connectivity index (χ2n) is 4.48. The Hall–Kier alpha value is 0.130. The molecule has 2 aliphatic rings. The number of amides is 1. The molecular formula is C11H20N2OS2. The summed E-state index contributed by atoms with van der Waals surface area (Å²) in [5.41, 5.74) is 0. The van der Waals surface area contributed by atoms with E-state index in [1.165, 1.54) is 17.3 Å². The van der Waals surface area contributed by atoms with E-state index in [2.05, 4.69) is 10.6 Å². The third kappa shape index (κ3) is 4.18. The molecule has 0 aromatic heterocycles. The van der Waals surface area contributed by atoms with Crippen molar-refractivity contribution in [2.24, 2.45) is 0 Å². The summed E-state index contributed by atoms with van der Waals surface area (Å²) in [6.07, 6.45) is 2.32. The molecular weight excluding hydrogens is 240 g/mol. The van der Waals surface area contributed by atoms with Gasteiger partial charge in [0.05, 0.1) is 6.04 Å². The molecule has 0 radical (unpaired) electrons. The van der Waals surface area contributed by atoms with Gasteiger partial charge in [-0.3, -0.25) is 4.79 Å². The Bertz CT molecular complexity index is 240. The summed E-state index contributed by atoms with van der Waals surface area (Å²) in [5.74, 6) is 3.91. The fraction of sp³-hybridized carbons (Fsp3) is 0.909. The third-order valence-electron chi connectivity index (χ3n) is 2.85. The maximum Gasteiger partial charge on any atom is 0.237 e. The molecule has 0 spiro atoms. The van der Waals surface area contributed by atoms with Crippen LogP contribution in [0.25, 0.3) is 0 Å². The molecule has 1 aliphatic heterocycles. The predicted octanol–water partition coefficient (Wildman–Crippen LogP) is 1.09. The van der Waals surface area contributed by atoms with E-state index in [-0.39, 0.29) is 11.9 Å². The summed E-state index contributed by atoms with van der Waals surface area (Å²) in [6.45, 7) is 2.91. The van der Waals surface area contributed by atoms with Crippen LogP contribution in [0.3, 0.4) is 0 Å². The maximum absolute atomic E-state index is 11.7. The van der Waals surface area contributed by atoms with Gasteiger partial charge in [0, 0.05) is 35.1 Å². The van der Waals surface area contributed by atoms with Crippen LogP contribution in [-0.4, -0.2) is 47.0 Å².